The first-order valence-electron chi connectivity index (χ1n) is 6.29. The van der Waals surface area contributed by atoms with E-state index >= 15 is 0 Å². The molecule has 0 saturated carbocycles. The van der Waals surface area contributed by atoms with E-state index in [2.05, 4.69) is 26.5 Å². The van der Waals surface area contributed by atoms with Crippen LogP contribution in [0.25, 0.3) is 0 Å². The van der Waals surface area contributed by atoms with Gasteiger partial charge in [0.2, 0.25) is 0 Å². The Morgan fingerprint density at radius 2 is 2.31 bits per heavy atom. The van der Waals surface area contributed by atoms with Crippen molar-refractivity contribution >= 4 is 0 Å². The Hall–Kier alpha value is -0.870. The van der Waals surface area contributed by atoms with E-state index in [1.54, 1.807) is 0 Å². The smallest absolute Gasteiger partial charge is 0.0546 e. The average molecular weight is 222 g/mol. The molecule has 2 N–H and O–H groups in total. The molecule has 0 aromatic carbocycles. The number of nitrogens with zero attached hydrogens (tertiary/aromatic N) is 2. The number of rotatable bonds is 5. The zero-order chi connectivity index (χ0) is 11.2. The Labute approximate surface area is 97.4 Å². The first-order chi connectivity index (χ1) is 7.92. The molecular weight excluding hydrogens is 200 g/mol. The van der Waals surface area contributed by atoms with Crippen LogP contribution >= 0.6 is 0 Å². The molecule has 0 aliphatic carbocycles. The lowest BCUT2D eigenvalue weighted by Crippen LogP contribution is -2.30. The fourth-order valence-corrected chi connectivity index (χ4v) is 2.37. The highest BCUT2D eigenvalue weighted by molar-refractivity contribution is 5.02. The molecule has 1 aliphatic rings. The Morgan fingerprint density at radius 1 is 1.50 bits per heavy atom. The van der Waals surface area contributed by atoms with Crippen molar-refractivity contribution in [2.75, 3.05) is 26.7 Å². The van der Waals surface area contributed by atoms with Crippen molar-refractivity contribution in [2.24, 2.45) is 0 Å². The van der Waals surface area contributed by atoms with Crippen molar-refractivity contribution in [1.29, 1.82) is 0 Å². The molecule has 1 aromatic rings. The van der Waals surface area contributed by atoms with Crippen LogP contribution in [-0.4, -0.2) is 36.5 Å². The van der Waals surface area contributed by atoms with Gasteiger partial charge in [0, 0.05) is 11.9 Å². The normalized spacial score (nSPS) is 17.8. The molecular formula is C12H22N4. The summed E-state index contributed by atoms with van der Waals surface area (Å²) in [5.74, 6) is 0. The van der Waals surface area contributed by atoms with Crippen LogP contribution in [-0.2, 0) is 6.42 Å². The standard InChI is InChI=1S/C12H22N4/c1-13-7-2-3-11-6-10-15-16(11)12-4-8-14-9-5-12/h6,10,12-14H,2-5,7-9H2,1H3. The second kappa shape index (κ2) is 6.01. The van der Waals surface area contributed by atoms with Crippen LogP contribution in [0.4, 0.5) is 0 Å². The summed E-state index contributed by atoms with van der Waals surface area (Å²) >= 11 is 0. The van der Waals surface area contributed by atoms with Gasteiger partial charge in [-0.3, -0.25) is 4.68 Å². The monoisotopic (exact) mass is 222 g/mol. The fourth-order valence-electron chi connectivity index (χ4n) is 2.37. The molecule has 4 nitrogen and oxygen atoms in total. The number of hydrogen-bond acceptors (Lipinski definition) is 3. The molecule has 90 valence electrons. The van der Waals surface area contributed by atoms with Gasteiger partial charge in [-0.05, 0) is 58.4 Å². The van der Waals surface area contributed by atoms with E-state index in [-0.39, 0.29) is 0 Å². The molecule has 1 aliphatic heterocycles. The molecule has 0 atom stereocenters. The number of aromatic nitrogens is 2. The van der Waals surface area contributed by atoms with Crippen LogP contribution in [0.2, 0.25) is 0 Å². The maximum absolute atomic E-state index is 4.49. The van der Waals surface area contributed by atoms with Crippen molar-refractivity contribution in [3.8, 4) is 0 Å². The predicted molar refractivity (Wildman–Crippen MR) is 65.6 cm³/mol. The highest BCUT2D eigenvalue weighted by Crippen LogP contribution is 2.20. The second-order valence-corrected chi connectivity index (χ2v) is 4.46. The van der Waals surface area contributed by atoms with Gasteiger partial charge in [-0.25, -0.2) is 0 Å². The van der Waals surface area contributed by atoms with Crippen molar-refractivity contribution in [3.05, 3.63) is 18.0 Å². The third kappa shape index (κ3) is 2.83. The van der Waals surface area contributed by atoms with E-state index < -0.39 is 0 Å². The van der Waals surface area contributed by atoms with Gasteiger partial charge in [0.05, 0.1) is 6.04 Å². The van der Waals surface area contributed by atoms with Crippen molar-refractivity contribution in [2.45, 2.75) is 31.7 Å². The van der Waals surface area contributed by atoms with Gasteiger partial charge < -0.3 is 10.6 Å². The predicted octanol–water partition coefficient (Wildman–Crippen LogP) is 0.960. The van der Waals surface area contributed by atoms with E-state index in [9.17, 15) is 0 Å². The Bertz CT molecular complexity index is 302. The molecule has 1 saturated heterocycles. The molecule has 0 unspecified atom stereocenters. The van der Waals surface area contributed by atoms with Gasteiger partial charge >= 0.3 is 0 Å². The number of hydrogen-bond donors (Lipinski definition) is 2. The van der Waals surface area contributed by atoms with Gasteiger partial charge in [0.25, 0.3) is 0 Å². The minimum absolute atomic E-state index is 0.612. The molecule has 16 heavy (non-hydrogen) atoms. The third-order valence-corrected chi connectivity index (χ3v) is 3.27. The van der Waals surface area contributed by atoms with Crippen molar-refractivity contribution in [1.82, 2.24) is 20.4 Å². The topological polar surface area (TPSA) is 41.9 Å². The van der Waals surface area contributed by atoms with E-state index in [1.807, 2.05) is 13.2 Å². The van der Waals surface area contributed by atoms with Crippen molar-refractivity contribution < 1.29 is 0 Å². The first kappa shape index (κ1) is 11.6. The number of aryl methyl sites for hydroxylation is 1. The van der Waals surface area contributed by atoms with E-state index in [0.29, 0.717) is 6.04 Å². The zero-order valence-electron chi connectivity index (χ0n) is 10.1. The van der Waals surface area contributed by atoms with Crippen LogP contribution in [0, 0.1) is 0 Å². The second-order valence-electron chi connectivity index (χ2n) is 4.46. The maximum Gasteiger partial charge on any atom is 0.0546 e. The summed E-state index contributed by atoms with van der Waals surface area (Å²) in [6.07, 6.45) is 6.68. The van der Waals surface area contributed by atoms with Crippen LogP contribution < -0.4 is 10.6 Å². The molecule has 1 fully saturated rings. The van der Waals surface area contributed by atoms with Crippen LogP contribution in [0.15, 0.2) is 12.3 Å². The molecule has 0 radical (unpaired) electrons. The summed E-state index contributed by atoms with van der Waals surface area (Å²) in [7, 11) is 2.00. The summed E-state index contributed by atoms with van der Waals surface area (Å²) in [6.45, 7) is 3.33. The molecule has 4 heteroatoms. The summed E-state index contributed by atoms with van der Waals surface area (Å²) < 4.78 is 2.25. The Kier molecular flexibility index (Phi) is 4.36. The fraction of sp³-hybridized carbons (Fsp3) is 0.750. The molecule has 0 spiro atoms. The van der Waals surface area contributed by atoms with Crippen LogP contribution in [0.1, 0.15) is 31.0 Å². The molecule has 1 aromatic heterocycles. The Morgan fingerprint density at radius 3 is 3.06 bits per heavy atom. The van der Waals surface area contributed by atoms with E-state index in [1.165, 1.54) is 25.0 Å². The third-order valence-electron chi connectivity index (χ3n) is 3.27. The van der Waals surface area contributed by atoms with E-state index in [4.69, 9.17) is 0 Å². The summed E-state index contributed by atoms with van der Waals surface area (Å²) in [6, 6.07) is 2.78. The van der Waals surface area contributed by atoms with Gasteiger partial charge in [0.15, 0.2) is 0 Å². The number of nitrogens with one attached hydrogen (secondary N) is 2. The molecule has 2 heterocycles. The summed E-state index contributed by atoms with van der Waals surface area (Å²) in [5, 5.41) is 11.1. The highest BCUT2D eigenvalue weighted by atomic mass is 15.3. The Balaban J connectivity index is 1.94. The van der Waals surface area contributed by atoms with Crippen molar-refractivity contribution in [3.63, 3.8) is 0 Å². The van der Waals surface area contributed by atoms with Gasteiger partial charge in [-0.1, -0.05) is 0 Å². The lowest BCUT2D eigenvalue weighted by molar-refractivity contribution is 0.334. The molecule has 0 bridgehead atoms. The summed E-state index contributed by atoms with van der Waals surface area (Å²) in [4.78, 5) is 0. The lowest BCUT2D eigenvalue weighted by Gasteiger charge is -2.24. The number of piperidine rings is 1. The largest absolute Gasteiger partial charge is 0.320 e. The van der Waals surface area contributed by atoms with Gasteiger partial charge in [-0.15, -0.1) is 0 Å². The molecule has 0 amide bonds. The zero-order valence-corrected chi connectivity index (χ0v) is 10.1. The lowest BCUT2D eigenvalue weighted by atomic mass is 10.1. The van der Waals surface area contributed by atoms with E-state index in [0.717, 1.165) is 26.1 Å². The SMILES string of the molecule is CNCCCc1ccnn1C1CCNCC1. The highest BCUT2D eigenvalue weighted by Gasteiger charge is 2.17. The molecule has 2 rings (SSSR count). The quantitative estimate of drug-likeness (QED) is 0.729. The minimum Gasteiger partial charge on any atom is -0.320 e. The maximum atomic E-state index is 4.49. The van der Waals surface area contributed by atoms with Gasteiger partial charge in [0.1, 0.15) is 0 Å². The summed E-state index contributed by atoms with van der Waals surface area (Å²) in [5.41, 5.74) is 1.39. The minimum atomic E-state index is 0.612. The van der Waals surface area contributed by atoms with Gasteiger partial charge in [-0.2, -0.15) is 5.10 Å². The first-order valence-corrected chi connectivity index (χ1v) is 6.29. The van der Waals surface area contributed by atoms with Crippen LogP contribution in [0.3, 0.4) is 0 Å². The average Bonchev–Trinajstić information content (AvgIpc) is 2.79. The van der Waals surface area contributed by atoms with Crippen LogP contribution in [0.5, 0.6) is 0 Å².